The van der Waals surface area contributed by atoms with Crippen LogP contribution in [0.25, 0.3) is 0 Å². The van der Waals surface area contributed by atoms with Crippen LogP contribution in [0.3, 0.4) is 0 Å². The Morgan fingerprint density at radius 3 is 2.30 bits per heavy atom. The lowest BCUT2D eigenvalue weighted by atomic mass is 10.3. The molecule has 1 rings (SSSR count). The molecule has 0 atom stereocenters. The summed E-state index contributed by atoms with van der Waals surface area (Å²) in [5, 5.41) is 5.78. The highest BCUT2D eigenvalue weighted by Crippen LogP contribution is 2.16. The predicted molar refractivity (Wildman–Crippen MR) is 79.1 cm³/mol. The van der Waals surface area contributed by atoms with Gasteiger partial charge in [-0.05, 0) is 30.8 Å². The molecule has 0 saturated heterocycles. The van der Waals surface area contributed by atoms with Crippen LogP contribution >= 0.6 is 0 Å². The van der Waals surface area contributed by atoms with Gasteiger partial charge in [0.05, 0.1) is 4.90 Å². The molecule has 0 aliphatic rings. The van der Waals surface area contributed by atoms with Crippen molar-refractivity contribution in [1.29, 1.82) is 0 Å². The maximum atomic E-state index is 11.9. The molecule has 0 aliphatic carbocycles. The number of benzene rings is 1. The van der Waals surface area contributed by atoms with Gasteiger partial charge in [0.25, 0.3) is 0 Å². The first-order valence-corrected chi connectivity index (χ1v) is 7.85. The molecule has 0 heterocycles. The molecule has 0 saturated carbocycles. The van der Waals surface area contributed by atoms with E-state index < -0.39 is 10.0 Å². The molecule has 2 N–H and O–H groups in total. The van der Waals surface area contributed by atoms with Crippen LogP contribution in [-0.4, -0.2) is 45.8 Å². The Labute approximate surface area is 120 Å². The maximum Gasteiger partial charge on any atom is 0.242 e. The quantitative estimate of drug-likeness (QED) is 0.733. The van der Waals surface area contributed by atoms with Gasteiger partial charge in [-0.2, -0.15) is 0 Å². The first kappa shape index (κ1) is 16.6. The number of rotatable bonds is 7. The fourth-order valence-electron chi connectivity index (χ4n) is 1.52. The van der Waals surface area contributed by atoms with Crippen LogP contribution in [0.4, 0.5) is 5.69 Å². The Balaban J connectivity index is 2.66. The standard InChI is InChI=1S/C13H21N3O3S/c1-4-14-10-9-13(17)15-11-5-7-12(8-6-11)20(18,19)16(2)3/h5-8,14H,4,9-10H2,1-3H3,(H,15,17). The second-order valence-corrected chi connectivity index (χ2v) is 6.62. The molecule has 0 spiro atoms. The summed E-state index contributed by atoms with van der Waals surface area (Å²) in [4.78, 5) is 11.8. The first-order valence-electron chi connectivity index (χ1n) is 6.41. The van der Waals surface area contributed by atoms with E-state index in [1.807, 2.05) is 6.92 Å². The van der Waals surface area contributed by atoms with E-state index >= 15 is 0 Å². The van der Waals surface area contributed by atoms with E-state index in [-0.39, 0.29) is 10.8 Å². The second-order valence-electron chi connectivity index (χ2n) is 4.46. The number of carbonyl (C=O) groups excluding carboxylic acids is 1. The maximum absolute atomic E-state index is 11.9. The van der Waals surface area contributed by atoms with Crippen LogP contribution in [0, 0.1) is 0 Å². The third-order valence-corrected chi connectivity index (χ3v) is 4.52. The van der Waals surface area contributed by atoms with Gasteiger partial charge in [-0.25, -0.2) is 12.7 Å². The van der Waals surface area contributed by atoms with E-state index in [1.54, 1.807) is 12.1 Å². The van der Waals surface area contributed by atoms with E-state index in [0.29, 0.717) is 18.7 Å². The molecule has 20 heavy (non-hydrogen) atoms. The fraction of sp³-hybridized carbons (Fsp3) is 0.462. The zero-order valence-corrected chi connectivity index (χ0v) is 12.8. The third kappa shape index (κ3) is 4.59. The Bertz CT molecular complexity index is 538. The second kappa shape index (κ2) is 7.37. The number of hydrogen-bond acceptors (Lipinski definition) is 4. The molecule has 0 aliphatic heterocycles. The number of anilines is 1. The molecule has 1 amide bonds. The number of nitrogens with one attached hydrogen (secondary N) is 2. The smallest absolute Gasteiger partial charge is 0.242 e. The van der Waals surface area contributed by atoms with Crippen molar-refractivity contribution in [3.05, 3.63) is 24.3 Å². The van der Waals surface area contributed by atoms with Gasteiger partial charge in [0.15, 0.2) is 0 Å². The van der Waals surface area contributed by atoms with Crippen LogP contribution in [-0.2, 0) is 14.8 Å². The number of sulfonamides is 1. The van der Waals surface area contributed by atoms with Crippen molar-refractivity contribution in [3.8, 4) is 0 Å². The summed E-state index contributed by atoms with van der Waals surface area (Å²) >= 11 is 0. The van der Waals surface area contributed by atoms with Crippen LogP contribution in [0.1, 0.15) is 13.3 Å². The van der Waals surface area contributed by atoms with Crippen molar-refractivity contribution in [1.82, 2.24) is 9.62 Å². The largest absolute Gasteiger partial charge is 0.326 e. The molecule has 0 unspecified atom stereocenters. The summed E-state index contributed by atoms with van der Waals surface area (Å²) in [6.07, 6.45) is 0.381. The third-order valence-electron chi connectivity index (χ3n) is 2.70. The highest BCUT2D eigenvalue weighted by atomic mass is 32.2. The van der Waals surface area contributed by atoms with Gasteiger partial charge in [-0.3, -0.25) is 4.79 Å². The number of nitrogens with zero attached hydrogens (tertiary/aromatic N) is 1. The van der Waals surface area contributed by atoms with Crippen LogP contribution in [0.5, 0.6) is 0 Å². The molecule has 6 nitrogen and oxygen atoms in total. The van der Waals surface area contributed by atoms with Crippen molar-refractivity contribution in [2.75, 3.05) is 32.5 Å². The number of hydrogen-bond donors (Lipinski definition) is 2. The average Bonchev–Trinajstić information content (AvgIpc) is 2.39. The lowest BCUT2D eigenvalue weighted by molar-refractivity contribution is -0.116. The molecule has 1 aromatic rings. The Morgan fingerprint density at radius 1 is 1.20 bits per heavy atom. The van der Waals surface area contributed by atoms with Crippen LogP contribution in [0.15, 0.2) is 29.2 Å². The summed E-state index contributed by atoms with van der Waals surface area (Å²) < 4.78 is 24.9. The van der Waals surface area contributed by atoms with E-state index in [2.05, 4.69) is 10.6 Å². The highest BCUT2D eigenvalue weighted by Gasteiger charge is 2.16. The van der Waals surface area contributed by atoms with Crippen molar-refractivity contribution in [3.63, 3.8) is 0 Å². The normalized spacial score (nSPS) is 11.6. The molecule has 7 heteroatoms. The molecule has 1 aromatic carbocycles. The molecule has 0 bridgehead atoms. The van der Waals surface area contributed by atoms with Gasteiger partial charge in [-0.1, -0.05) is 6.92 Å². The summed E-state index contributed by atoms with van der Waals surface area (Å²) in [5.74, 6) is -0.103. The molecule has 0 fully saturated rings. The minimum atomic E-state index is -3.43. The van der Waals surface area contributed by atoms with Gasteiger partial charge in [0.1, 0.15) is 0 Å². The minimum Gasteiger partial charge on any atom is -0.326 e. The van der Waals surface area contributed by atoms with E-state index in [9.17, 15) is 13.2 Å². The topological polar surface area (TPSA) is 78.5 Å². The van der Waals surface area contributed by atoms with Crippen LogP contribution < -0.4 is 10.6 Å². The zero-order valence-electron chi connectivity index (χ0n) is 12.0. The average molecular weight is 299 g/mol. The van der Waals surface area contributed by atoms with E-state index in [1.165, 1.54) is 26.2 Å². The van der Waals surface area contributed by atoms with E-state index in [4.69, 9.17) is 0 Å². The summed E-state index contributed by atoms with van der Waals surface area (Å²) in [6.45, 7) is 3.42. The Morgan fingerprint density at radius 2 is 1.80 bits per heavy atom. The SMILES string of the molecule is CCNCCC(=O)Nc1ccc(S(=O)(=O)N(C)C)cc1. The predicted octanol–water partition coefficient (Wildman–Crippen LogP) is 0.875. The van der Waals surface area contributed by atoms with Crippen molar-refractivity contribution >= 4 is 21.6 Å². The summed E-state index contributed by atoms with van der Waals surface area (Å²) in [5.41, 5.74) is 0.587. The van der Waals surface area contributed by atoms with Gasteiger partial charge in [0, 0.05) is 32.7 Å². The monoisotopic (exact) mass is 299 g/mol. The highest BCUT2D eigenvalue weighted by molar-refractivity contribution is 7.89. The molecule has 0 radical (unpaired) electrons. The van der Waals surface area contributed by atoms with Gasteiger partial charge < -0.3 is 10.6 Å². The van der Waals surface area contributed by atoms with Gasteiger partial charge in [-0.15, -0.1) is 0 Å². The molecular formula is C13H21N3O3S. The first-order chi connectivity index (χ1) is 9.37. The number of amides is 1. The van der Waals surface area contributed by atoms with Crippen molar-refractivity contribution < 1.29 is 13.2 Å². The zero-order chi connectivity index (χ0) is 15.2. The molecule has 0 aromatic heterocycles. The molecule has 112 valence electrons. The summed E-state index contributed by atoms with van der Waals surface area (Å²) in [7, 11) is -0.473. The van der Waals surface area contributed by atoms with Gasteiger partial charge in [0.2, 0.25) is 15.9 Å². The number of carbonyl (C=O) groups is 1. The van der Waals surface area contributed by atoms with Crippen molar-refractivity contribution in [2.24, 2.45) is 0 Å². The lowest BCUT2D eigenvalue weighted by Crippen LogP contribution is -2.22. The van der Waals surface area contributed by atoms with Crippen molar-refractivity contribution in [2.45, 2.75) is 18.2 Å². The molecular weight excluding hydrogens is 278 g/mol. The fourth-order valence-corrected chi connectivity index (χ4v) is 2.42. The Hall–Kier alpha value is -1.44. The van der Waals surface area contributed by atoms with Gasteiger partial charge >= 0.3 is 0 Å². The van der Waals surface area contributed by atoms with Crippen LogP contribution in [0.2, 0.25) is 0 Å². The summed E-state index contributed by atoms with van der Waals surface area (Å²) in [6, 6.07) is 6.13. The van der Waals surface area contributed by atoms with E-state index in [0.717, 1.165) is 10.8 Å². The minimum absolute atomic E-state index is 0.103. The lowest BCUT2D eigenvalue weighted by Gasteiger charge is -2.12. The Kier molecular flexibility index (Phi) is 6.12.